The minimum absolute atomic E-state index is 0.228. The maximum Gasteiger partial charge on any atom is 0.185 e. The van der Waals surface area contributed by atoms with Gasteiger partial charge in [0.05, 0.1) is 0 Å². The zero-order valence-electron chi connectivity index (χ0n) is 18.6. The van der Waals surface area contributed by atoms with E-state index in [-0.39, 0.29) is 13.1 Å². The summed E-state index contributed by atoms with van der Waals surface area (Å²) in [5, 5.41) is 0. The molecule has 0 aliphatic carbocycles. The molecule has 1 aromatic carbocycles. The molecule has 4 nitrogen and oxygen atoms in total. The number of halogens is 4. The van der Waals surface area contributed by atoms with Crippen LogP contribution in [0.1, 0.15) is 50.4 Å². The summed E-state index contributed by atoms with van der Waals surface area (Å²) in [7, 11) is 0. The molecule has 1 saturated heterocycles. The molecular weight excluding hydrogens is 408 g/mol. The van der Waals surface area contributed by atoms with Crippen LogP contribution in [0.5, 0.6) is 0 Å². The second kappa shape index (κ2) is 9.83. The molecule has 1 atom stereocenters. The third-order valence-corrected chi connectivity index (χ3v) is 6.29. The van der Waals surface area contributed by atoms with Gasteiger partial charge < -0.3 is 9.80 Å². The smallest absolute Gasteiger partial charge is 0.185 e. The molecule has 3 rings (SSSR count). The van der Waals surface area contributed by atoms with Crippen LogP contribution in [0.3, 0.4) is 0 Å². The topological polar surface area (TPSA) is 32.3 Å². The number of rotatable bonds is 7. The Morgan fingerprint density at radius 3 is 2.03 bits per heavy atom. The van der Waals surface area contributed by atoms with Crippen molar-refractivity contribution in [3.8, 4) is 0 Å². The van der Waals surface area contributed by atoms with Crippen LogP contribution < -0.4 is 9.80 Å². The summed E-state index contributed by atoms with van der Waals surface area (Å²) >= 11 is 0. The summed E-state index contributed by atoms with van der Waals surface area (Å²) < 4.78 is 56.9. The van der Waals surface area contributed by atoms with Gasteiger partial charge in [0.25, 0.3) is 0 Å². The molecule has 0 saturated carbocycles. The van der Waals surface area contributed by atoms with Gasteiger partial charge >= 0.3 is 0 Å². The molecule has 1 unspecified atom stereocenters. The van der Waals surface area contributed by atoms with Gasteiger partial charge in [-0.3, -0.25) is 0 Å². The molecule has 8 heteroatoms. The first kappa shape index (κ1) is 23.3. The molecule has 1 aromatic heterocycles. The largest absolute Gasteiger partial charge is 0.363 e. The van der Waals surface area contributed by atoms with Crippen molar-refractivity contribution in [1.29, 1.82) is 0 Å². The van der Waals surface area contributed by atoms with E-state index >= 15 is 0 Å². The highest BCUT2D eigenvalue weighted by atomic mass is 19.2. The molecule has 0 spiro atoms. The Hall–Kier alpha value is -2.38. The molecule has 0 radical (unpaired) electrons. The predicted molar refractivity (Wildman–Crippen MR) is 115 cm³/mol. The zero-order chi connectivity index (χ0) is 22.7. The van der Waals surface area contributed by atoms with Crippen molar-refractivity contribution in [2.24, 2.45) is 5.92 Å². The molecule has 31 heavy (non-hydrogen) atoms. The van der Waals surface area contributed by atoms with E-state index in [1.54, 1.807) is 6.33 Å². The number of hydrogen-bond donors (Lipinski definition) is 0. The van der Waals surface area contributed by atoms with Crippen molar-refractivity contribution in [3.05, 3.63) is 46.4 Å². The Balaban J connectivity index is 1.82. The SMILES string of the molecule is CCc1ncnc(N2CCN(c3c(F)c(F)c(C)c(F)c3F)CC2)c1CCC(C)CC. The van der Waals surface area contributed by atoms with Crippen LogP contribution in [0, 0.1) is 36.1 Å². The van der Waals surface area contributed by atoms with E-state index in [1.165, 1.54) is 4.90 Å². The zero-order valence-corrected chi connectivity index (χ0v) is 18.6. The first-order valence-electron chi connectivity index (χ1n) is 10.9. The number of aryl methyl sites for hydroxylation is 1. The van der Waals surface area contributed by atoms with Gasteiger partial charge in [0.1, 0.15) is 17.8 Å². The van der Waals surface area contributed by atoms with Gasteiger partial charge in [0, 0.05) is 43.0 Å². The van der Waals surface area contributed by atoms with Gasteiger partial charge in [-0.25, -0.2) is 27.5 Å². The Labute approximate surface area is 181 Å². The average Bonchev–Trinajstić information content (AvgIpc) is 2.80. The number of aromatic nitrogens is 2. The molecule has 170 valence electrons. The van der Waals surface area contributed by atoms with E-state index in [2.05, 4.69) is 35.6 Å². The van der Waals surface area contributed by atoms with Crippen molar-refractivity contribution in [3.63, 3.8) is 0 Å². The van der Waals surface area contributed by atoms with Gasteiger partial charge in [-0.05, 0) is 32.1 Å². The van der Waals surface area contributed by atoms with Crippen LogP contribution in [0.15, 0.2) is 6.33 Å². The highest BCUT2D eigenvalue weighted by Crippen LogP contribution is 2.32. The number of nitrogens with zero attached hydrogens (tertiary/aromatic N) is 4. The van der Waals surface area contributed by atoms with E-state index in [1.807, 2.05) is 0 Å². The van der Waals surface area contributed by atoms with Crippen LogP contribution in [0.25, 0.3) is 0 Å². The molecule has 0 N–H and O–H groups in total. The van der Waals surface area contributed by atoms with Crippen LogP contribution >= 0.6 is 0 Å². The van der Waals surface area contributed by atoms with Crippen molar-refractivity contribution in [2.75, 3.05) is 36.0 Å². The maximum absolute atomic E-state index is 14.4. The second-order valence-electron chi connectivity index (χ2n) is 8.23. The second-order valence-corrected chi connectivity index (χ2v) is 8.23. The summed E-state index contributed by atoms with van der Waals surface area (Å²) in [4.78, 5) is 12.4. The third-order valence-electron chi connectivity index (χ3n) is 6.29. The van der Waals surface area contributed by atoms with Crippen molar-refractivity contribution < 1.29 is 17.6 Å². The van der Waals surface area contributed by atoms with Gasteiger partial charge in [-0.15, -0.1) is 0 Å². The Kier molecular flexibility index (Phi) is 7.38. The number of benzene rings is 1. The van der Waals surface area contributed by atoms with Gasteiger partial charge in [-0.1, -0.05) is 27.2 Å². The van der Waals surface area contributed by atoms with E-state index < -0.39 is 34.5 Å². The molecule has 2 heterocycles. The quantitative estimate of drug-likeness (QED) is 0.439. The molecule has 1 aliphatic heterocycles. The lowest BCUT2D eigenvalue weighted by Gasteiger charge is -2.38. The van der Waals surface area contributed by atoms with Gasteiger partial charge in [0.15, 0.2) is 23.3 Å². The summed E-state index contributed by atoms with van der Waals surface area (Å²) in [6, 6.07) is 0. The summed E-state index contributed by atoms with van der Waals surface area (Å²) in [6.45, 7) is 8.80. The fourth-order valence-electron chi connectivity index (χ4n) is 4.02. The van der Waals surface area contributed by atoms with Crippen molar-refractivity contribution in [1.82, 2.24) is 9.97 Å². The predicted octanol–water partition coefficient (Wildman–Crippen LogP) is 5.21. The molecule has 0 amide bonds. The number of piperazine rings is 1. The lowest BCUT2D eigenvalue weighted by Crippen LogP contribution is -2.48. The van der Waals surface area contributed by atoms with Crippen molar-refractivity contribution in [2.45, 2.75) is 53.4 Å². The lowest BCUT2D eigenvalue weighted by molar-refractivity contribution is 0.440. The minimum atomic E-state index is -1.34. The van der Waals surface area contributed by atoms with Crippen LogP contribution in [0.4, 0.5) is 29.1 Å². The van der Waals surface area contributed by atoms with E-state index in [0.717, 1.165) is 49.7 Å². The fraction of sp³-hybridized carbons (Fsp3) is 0.565. The molecular formula is C23H30F4N4. The number of anilines is 2. The highest BCUT2D eigenvalue weighted by molar-refractivity contribution is 5.55. The first-order chi connectivity index (χ1) is 14.8. The molecule has 1 fully saturated rings. The lowest BCUT2D eigenvalue weighted by atomic mass is 9.97. The van der Waals surface area contributed by atoms with E-state index in [0.29, 0.717) is 19.0 Å². The van der Waals surface area contributed by atoms with E-state index in [4.69, 9.17) is 0 Å². The molecule has 0 bridgehead atoms. The van der Waals surface area contributed by atoms with Gasteiger partial charge in [-0.2, -0.15) is 0 Å². The average molecular weight is 439 g/mol. The van der Waals surface area contributed by atoms with Gasteiger partial charge in [0.2, 0.25) is 0 Å². The molecule has 1 aliphatic rings. The van der Waals surface area contributed by atoms with Crippen LogP contribution in [0.2, 0.25) is 0 Å². The summed E-state index contributed by atoms with van der Waals surface area (Å²) in [5.41, 5.74) is 0.852. The normalized spacial score (nSPS) is 15.5. The van der Waals surface area contributed by atoms with Crippen LogP contribution in [-0.2, 0) is 12.8 Å². The fourth-order valence-corrected chi connectivity index (χ4v) is 4.02. The first-order valence-corrected chi connectivity index (χ1v) is 10.9. The Bertz CT molecular complexity index is 897. The minimum Gasteiger partial charge on any atom is -0.363 e. The summed E-state index contributed by atoms with van der Waals surface area (Å²) in [6.07, 6.45) is 5.35. The standard InChI is InChI=1S/C23H30F4N4/c1-5-14(3)7-8-16-17(6-2)28-13-29-23(16)31-11-9-30(10-12-31)22-20(26)18(24)15(4)19(25)21(22)27/h13-14H,5-12H2,1-4H3. The third kappa shape index (κ3) is 4.62. The van der Waals surface area contributed by atoms with Crippen molar-refractivity contribution >= 4 is 11.5 Å². The monoisotopic (exact) mass is 438 g/mol. The highest BCUT2D eigenvalue weighted by Gasteiger charge is 2.30. The maximum atomic E-state index is 14.4. The molecule has 2 aromatic rings. The summed E-state index contributed by atoms with van der Waals surface area (Å²) in [5.74, 6) is -3.92. The van der Waals surface area contributed by atoms with Crippen LogP contribution in [-0.4, -0.2) is 36.1 Å². The number of hydrogen-bond acceptors (Lipinski definition) is 4. The van der Waals surface area contributed by atoms with E-state index in [9.17, 15) is 17.6 Å². The Morgan fingerprint density at radius 2 is 1.48 bits per heavy atom. The Morgan fingerprint density at radius 1 is 0.903 bits per heavy atom.